The molecule has 1 atom stereocenters. The normalized spacial score (nSPS) is 11.9. The maximum Gasteiger partial charge on any atom is 0.317 e. The minimum absolute atomic E-state index is 0.223. The minimum Gasteiger partial charge on any atom is -0.481 e. The number of carboxylic acid groups (broad SMARTS) is 1. The maximum absolute atomic E-state index is 11.1. The van der Waals surface area contributed by atoms with Crippen molar-refractivity contribution < 1.29 is 14.7 Å². The van der Waals surface area contributed by atoms with E-state index in [2.05, 4.69) is 5.32 Å². The Kier molecular flexibility index (Phi) is 4.87. The highest BCUT2D eigenvalue weighted by Crippen LogP contribution is 1.97. The first-order chi connectivity index (χ1) is 5.99. The summed E-state index contributed by atoms with van der Waals surface area (Å²) in [5.41, 5.74) is 0. The number of aliphatic carboxylic acids is 1. The Labute approximate surface area is 77.7 Å². The summed E-state index contributed by atoms with van der Waals surface area (Å²) >= 11 is 0. The standard InChI is InChI=1S/C8H16N2O3/c1-4-9-8(13)10(3)5-6(2)7(11)12/h6H,4-5H2,1-3H3,(H,9,13)(H,11,12). The molecule has 0 aromatic rings. The smallest absolute Gasteiger partial charge is 0.317 e. The van der Waals surface area contributed by atoms with Gasteiger partial charge in [-0.05, 0) is 6.92 Å². The first-order valence-corrected chi connectivity index (χ1v) is 4.20. The molecular formula is C8H16N2O3. The topological polar surface area (TPSA) is 69.6 Å². The number of rotatable bonds is 4. The zero-order valence-corrected chi connectivity index (χ0v) is 8.20. The van der Waals surface area contributed by atoms with Crippen LogP contribution in [-0.2, 0) is 4.79 Å². The Morgan fingerprint density at radius 3 is 2.46 bits per heavy atom. The van der Waals surface area contributed by atoms with E-state index in [1.54, 1.807) is 14.0 Å². The van der Waals surface area contributed by atoms with Gasteiger partial charge in [-0.15, -0.1) is 0 Å². The number of carboxylic acids is 1. The van der Waals surface area contributed by atoms with Crippen LogP contribution in [0.5, 0.6) is 0 Å². The van der Waals surface area contributed by atoms with Crippen LogP contribution in [0.1, 0.15) is 13.8 Å². The molecule has 0 aromatic heterocycles. The molecule has 2 amide bonds. The molecule has 0 saturated heterocycles. The van der Waals surface area contributed by atoms with Crippen molar-refractivity contribution in [1.29, 1.82) is 0 Å². The monoisotopic (exact) mass is 188 g/mol. The van der Waals surface area contributed by atoms with Crippen LogP contribution in [0.25, 0.3) is 0 Å². The van der Waals surface area contributed by atoms with Gasteiger partial charge >= 0.3 is 12.0 Å². The fourth-order valence-corrected chi connectivity index (χ4v) is 0.858. The van der Waals surface area contributed by atoms with Crippen molar-refractivity contribution in [3.63, 3.8) is 0 Å². The molecule has 0 bridgehead atoms. The molecule has 0 spiro atoms. The molecule has 0 aliphatic heterocycles. The summed E-state index contributed by atoms with van der Waals surface area (Å²) in [6.45, 7) is 4.15. The van der Waals surface area contributed by atoms with E-state index >= 15 is 0 Å². The highest BCUT2D eigenvalue weighted by Gasteiger charge is 2.16. The molecule has 0 radical (unpaired) electrons. The van der Waals surface area contributed by atoms with Crippen LogP contribution in [0.4, 0.5) is 4.79 Å². The molecule has 76 valence electrons. The van der Waals surface area contributed by atoms with Gasteiger partial charge in [0.15, 0.2) is 0 Å². The molecule has 2 N–H and O–H groups in total. The fraction of sp³-hybridized carbons (Fsp3) is 0.750. The molecule has 0 aliphatic rings. The zero-order chi connectivity index (χ0) is 10.4. The number of amides is 2. The second kappa shape index (κ2) is 5.40. The van der Waals surface area contributed by atoms with Crippen LogP contribution >= 0.6 is 0 Å². The van der Waals surface area contributed by atoms with E-state index in [4.69, 9.17) is 5.11 Å². The third kappa shape index (κ3) is 4.35. The van der Waals surface area contributed by atoms with E-state index in [1.165, 1.54) is 4.90 Å². The second-order valence-corrected chi connectivity index (χ2v) is 2.96. The highest BCUT2D eigenvalue weighted by molar-refractivity contribution is 5.75. The van der Waals surface area contributed by atoms with E-state index in [0.29, 0.717) is 6.54 Å². The molecule has 1 unspecified atom stereocenters. The number of carbonyl (C=O) groups excluding carboxylic acids is 1. The largest absolute Gasteiger partial charge is 0.481 e. The SMILES string of the molecule is CCNC(=O)N(C)CC(C)C(=O)O. The first kappa shape index (κ1) is 11.7. The van der Waals surface area contributed by atoms with Gasteiger partial charge < -0.3 is 15.3 Å². The van der Waals surface area contributed by atoms with Crippen LogP contribution in [0, 0.1) is 5.92 Å². The lowest BCUT2D eigenvalue weighted by molar-refractivity contribution is -0.141. The van der Waals surface area contributed by atoms with E-state index in [-0.39, 0.29) is 12.6 Å². The van der Waals surface area contributed by atoms with Gasteiger partial charge in [0.05, 0.1) is 5.92 Å². The Balaban J connectivity index is 3.92. The number of nitrogens with zero attached hydrogens (tertiary/aromatic N) is 1. The lowest BCUT2D eigenvalue weighted by Crippen LogP contribution is -2.40. The van der Waals surface area contributed by atoms with E-state index in [9.17, 15) is 9.59 Å². The van der Waals surface area contributed by atoms with E-state index < -0.39 is 11.9 Å². The quantitative estimate of drug-likeness (QED) is 0.669. The molecule has 0 aliphatic carbocycles. The molecule has 0 rings (SSSR count). The van der Waals surface area contributed by atoms with Gasteiger partial charge in [0.2, 0.25) is 0 Å². The van der Waals surface area contributed by atoms with Gasteiger partial charge in [-0.3, -0.25) is 4.79 Å². The molecule has 13 heavy (non-hydrogen) atoms. The number of hydrogen-bond donors (Lipinski definition) is 2. The Morgan fingerprint density at radius 2 is 2.08 bits per heavy atom. The number of carbonyl (C=O) groups is 2. The second-order valence-electron chi connectivity index (χ2n) is 2.96. The summed E-state index contributed by atoms with van der Waals surface area (Å²) in [5.74, 6) is -1.43. The predicted molar refractivity (Wildman–Crippen MR) is 48.5 cm³/mol. The van der Waals surface area contributed by atoms with Crippen molar-refractivity contribution >= 4 is 12.0 Å². The predicted octanol–water partition coefficient (Wildman–Crippen LogP) is 0.368. The number of hydrogen-bond acceptors (Lipinski definition) is 2. The van der Waals surface area contributed by atoms with E-state index in [0.717, 1.165) is 0 Å². The Morgan fingerprint density at radius 1 is 1.54 bits per heavy atom. The summed E-state index contributed by atoms with van der Waals surface area (Å²) < 4.78 is 0. The molecular weight excluding hydrogens is 172 g/mol. The molecule has 0 saturated carbocycles. The molecule has 0 heterocycles. The van der Waals surface area contributed by atoms with Crippen LogP contribution in [0.3, 0.4) is 0 Å². The first-order valence-electron chi connectivity index (χ1n) is 4.20. The van der Waals surface area contributed by atoms with Gasteiger partial charge in [-0.25, -0.2) is 4.79 Å². The molecule has 0 aromatic carbocycles. The Bertz CT molecular complexity index is 194. The van der Waals surface area contributed by atoms with Crippen molar-refractivity contribution in [2.75, 3.05) is 20.1 Å². The fourth-order valence-electron chi connectivity index (χ4n) is 0.858. The number of urea groups is 1. The summed E-state index contributed by atoms with van der Waals surface area (Å²) in [4.78, 5) is 22.9. The van der Waals surface area contributed by atoms with Gasteiger partial charge in [0, 0.05) is 20.1 Å². The summed E-state index contributed by atoms with van der Waals surface area (Å²) in [6.07, 6.45) is 0. The van der Waals surface area contributed by atoms with Gasteiger partial charge in [-0.1, -0.05) is 6.92 Å². The lowest BCUT2D eigenvalue weighted by atomic mass is 10.2. The van der Waals surface area contributed by atoms with Crippen LogP contribution < -0.4 is 5.32 Å². The van der Waals surface area contributed by atoms with Crippen LogP contribution in [-0.4, -0.2) is 42.1 Å². The van der Waals surface area contributed by atoms with Crippen molar-refractivity contribution in [3.05, 3.63) is 0 Å². The average Bonchev–Trinajstić information content (AvgIpc) is 2.04. The minimum atomic E-state index is -0.892. The van der Waals surface area contributed by atoms with Gasteiger partial charge in [0.1, 0.15) is 0 Å². The number of nitrogens with one attached hydrogen (secondary N) is 1. The highest BCUT2D eigenvalue weighted by atomic mass is 16.4. The van der Waals surface area contributed by atoms with Gasteiger partial charge in [-0.2, -0.15) is 0 Å². The summed E-state index contributed by atoms with van der Waals surface area (Å²) in [7, 11) is 1.57. The van der Waals surface area contributed by atoms with Crippen LogP contribution in [0.2, 0.25) is 0 Å². The summed E-state index contributed by atoms with van der Waals surface area (Å²) in [6, 6.07) is -0.240. The molecule has 0 fully saturated rings. The van der Waals surface area contributed by atoms with Crippen LogP contribution in [0.15, 0.2) is 0 Å². The summed E-state index contributed by atoms with van der Waals surface area (Å²) in [5, 5.41) is 11.2. The van der Waals surface area contributed by atoms with Gasteiger partial charge in [0.25, 0.3) is 0 Å². The lowest BCUT2D eigenvalue weighted by Gasteiger charge is -2.19. The molecule has 5 heteroatoms. The van der Waals surface area contributed by atoms with Crippen molar-refractivity contribution in [3.8, 4) is 0 Å². The third-order valence-corrected chi connectivity index (χ3v) is 1.64. The zero-order valence-electron chi connectivity index (χ0n) is 8.20. The van der Waals surface area contributed by atoms with Crippen molar-refractivity contribution in [2.45, 2.75) is 13.8 Å². The molecule has 5 nitrogen and oxygen atoms in total. The van der Waals surface area contributed by atoms with Crippen molar-refractivity contribution in [2.24, 2.45) is 5.92 Å². The maximum atomic E-state index is 11.1. The van der Waals surface area contributed by atoms with Crippen molar-refractivity contribution in [1.82, 2.24) is 10.2 Å². The Hall–Kier alpha value is -1.26. The third-order valence-electron chi connectivity index (χ3n) is 1.64. The average molecular weight is 188 g/mol. The van der Waals surface area contributed by atoms with E-state index in [1.807, 2.05) is 6.92 Å².